The van der Waals surface area contributed by atoms with E-state index in [1.165, 1.54) is 0 Å². The van der Waals surface area contributed by atoms with Crippen molar-refractivity contribution in [3.05, 3.63) is 33.8 Å². The Morgan fingerprint density at radius 1 is 1.32 bits per heavy atom. The highest BCUT2D eigenvalue weighted by atomic mass is 79.9. The molecule has 1 heterocycles. The van der Waals surface area contributed by atoms with Gasteiger partial charge in [-0.1, -0.05) is 15.9 Å². The first-order valence-corrected chi connectivity index (χ1v) is 6.36. The molecular weight excluding hydrogens is 324 g/mol. The fourth-order valence-electron chi connectivity index (χ4n) is 2.05. The molecule has 4 nitrogen and oxygen atoms in total. The number of nitrogens with zero attached hydrogens (tertiary/aromatic N) is 1. The Morgan fingerprint density at radius 2 is 1.89 bits per heavy atom. The highest BCUT2D eigenvalue weighted by Crippen LogP contribution is 2.24. The van der Waals surface area contributed by atoms with Crippen LogP contribution in [-0.2, 0) is 4.79 Å². The van der Waals surface area contributed by atoms with Gasteiger partial charge in [0.2, 0.25) is 0 Å². The van der Waals surface area contributed by atoms with Gasteiger partial charge in [0, 0.05) is 17.6 Å². The van der Waals surface area contributed by atoms with Gasteiger partial charge in [0.05, 0.1) is 5.92 Å². The van der Waals surface area contributed by atoms with Gasteiger partial charge in [-0.05, 0) is 18.6 Å². The maximum Gasteiger partial charge on any atom is 0.308 e. The number of halogens is 3. The summed E-state index contributed by atoms with van der Waals surface area (Å²) >= 11 is 2.93. The summed E-state index contributed by atoms with van der Waals surface area (Å²) in [7, 11) is 0. The first kappa shape index (κ1) is 13.9. The van der Waals surface area contributed by atoms with Gasteiger partial charge in [-0.3, -0.25) is 9.59 Å². The quantitative estimate of drug-likeness (QED) is 0.903. The van der Waals surface area contributed by atoms with Gasteiger partial charge in [0.25, 0.3) is 5.91 Å². The summed E-state index contributed by atoms with van der Waals surface area (Å²) in [5, 5.41) is 8.84. The van der Waals surface area contributed by atoms with Crippen LogP contribution in [0.2, 0.25) is 0 Å². The van der Waals surface area contributed by atoms with E-state index in [0.717, 1.165) is 17.0 Å². The molecule has 0 radical (unpaired) electrons. The lowest BCUT2D eigenvalue weighted by atomic mass is 10.1. The molecular formula is C12H10BrF2NO3. The Labute approximate surface area is 116 Å². The lowest BCUT2D eigenvalue weighted by Gasteiger charge is -2.16. The lowest BCUT2D eigenvalue weighted by Crippen LogP contribution is -2.31. The summed E-state index contributed by atoms with van der Waals surface area (Å²) in [6, 6.07) is 2.00. The number of aliphatic carboxylic acids is 1. The van der Waals surface area contributed by atoms with E-state index >= 15 is 0 Å². The van der Waals surface area contributed by atoms with Crippen molar-refractivity contribution >= 4 is 27.8 Å². The van der Waals surface area contributed by atoms with E-state index in [9.17, 15) is 18.4 Å². The Morgan fingerprint density at radius 3 is 2.37 bits per heavy atom. The monoisotopic (exact) mass is 333 g/mol. The summed E-state index contributed by atoms with van der Waals surface area (Å²) in [6.07, 6.45) is 0.292. The number of carbonyl (C=O) groups is 2. The van der Waals surface area contributed by atoms with Crippen molar-refractivity contribution in [3.63, 3.8) is 0 Å². The van der Waals surface area contributed by atoms with Gasteiger partial charge in [-0.15, -0.1) is 0 Å². The van der Waals surface area contributed by atoms with Crippen LogP contribution in [0.4, 0.5) is 8.78 Å². The third-order valence-electron chi connectivity index (χ3n) is 3.05. The van der Waals surface area contributed by atoms with Crippen LogP contribution in [0.25, 0.3) is 0 Å². The van der Waals surface area contributed by atoms with Gasteiger partial charge in [0.15, 0.2) is 0 Å². The molecule has 0 bridgehead atoms. The molecule has 1 atom stereocenters. The van der Waals surface area contributed by atoms with Gasteiger partial charge >= 0.3 is 5.97 Å². The molecule has 1 amide bonds. The minimum absolute atomic E-state index is 0.0247. The van der Waals surface area contributed by atoms with E-state index < -0.39 is 35.0 Å². The number of benzene rings is 1. The first-order chi connectivity index (χ1) is 8.90. The molecule has 1 aromatic carbocycles. The maximum absolute atomic E-state index is 13.6. The van der Waals surface area contributed by atoms with Gasteiger partial charge in [0.1, 0.15) is 17.2 Å². The van der Waals surface area contributed by atoms with Crippen LogP contribution in [0.3, 0.4) is 0 Å². The molecule has 0 aromatic heterocycles. The number of hydrogen-bond donors (Lipinski definition) is 1. The van der Waals surface area contributed by atoms with Crippen LogP contribution in [0.15, 0.2) is 16.6 Å². The Balaban J connectivity index is 2.24. The number of rotatable bonds is 2. The van der Waals surface area contributed by atoms with Crippen LogP contribution in [0, 0.1) is 17.6 Å². The van der Waals surface area contributed by atoms with E-state index in [4.69, 9.17) is 5.11 Å². The van der Waals surface area contributed by atoms with Crippen molar-refractivity contribution in [2.45, 2.75) is 6.42 Å². The number of carboxylic acid groups (broad SMARTS) is 1. The Kier molecular flexibility index (Phi) is 3.84. The van der Waals surface area contributed by atoms with Crippen LogP contribution < -0.4 is 0 Å². The molecule has 0 unspecified atom stereocenters. The number of carboxylic acids is 1. The molecule has 102 valence electrons. The van der Waals surface area contributed by atoms with E-state index in [1.54, 1.807) is 0 Å². The molecule has 1 aromatic rings. The van der Waals surface area contributed by atoms with Crippen LogP contribution >= 0.6 is 15.9 Å². The van der Waals surface area contributed by atoms with E-state index in [2.05, 4.69) is 15.9 Å². The SMILES string of the molecule is O=C(O)[C@@H]1CCN(C(=O)c2c(F)cc(Br)cc2F)C1. The third-order valence-corrected chi connectivity index (χ3v) is 3.50. The lowest BCUT2D eigenvalue weighted by molar-refractivity contribution is -0.141. The van der Waals surface area contributed by atoms with Crippen molar-refractivity contribution < 1.29 is 23.5 Å². The minimum Gasteiger partial charge on any atom is -0.481 e. The Bertz CT molecular complexity index is 527. The summed E-state index contributed by atoms with van der Waals surface area (Å²) in [6.45, 7) is 0.161. The zero-order valence-corrected chi connectivity index (χ0v) is 11.3. The summed E-state index contributed by atoms with van der Waals surface area (Å²) in [4.78, 5) is 24.0. The molecule has 7 heteroatoms. The predicted molar refractivity (Wildman–Crippen MR) is 65.7 cm³/mol. The average Bonchev–Trinajstić information content (AvgIpc) is 2.76. The van der Waals surface area contributed by atoms with Crippen LogP contribution in [-0.4, -0.2) is 35.0 Å². The molecule has 1 saturated heterocycles. The van der Waals surface area contributed by atoms with Crippen molar-refractivity contribution in [1.29, 1.82) is 0 Å². The standard InChI is InChI=1S/C12H10BrF2NO3/c13-7-3-8(14)10(9(15)4-7)11(17)16-2-1-6(5-16)12(18)19/h3-4,6H,1-2,5H2,(H,18,19)/t6-/m1/s1. The van der Waals surface area contributed by atoms with Crippen LogP contribution in [0.1, 0.15) is 16.8 Å². The molecule has 1 fully saturated rings. The van der Waals surface area contributed by atoms with E-state index in [-0.39, 0.29) is 17.6 Å². The molecule has 19 heavy (non-hydrogen) atoms. The number of amides is 1. The van der Waals surface area contributed by atoms with Gasteiger partial charge in [-0.25, -0.2) is 8.78 Å². The second-order valence-corrected chi connectivity index (χ2v) is 5.24. The number of hydrogen-bond acceptors (Lipinski definition) is 2. The van der Waals surface area contributed by atoms with Crippen molar-refractivity contribution in [2.24, 2.45) is 5.92 Å². The topological polar surface area (TPSA) is 57.6 Å². The van der Waals surface area contributed by atoms with Crippen molar-refractivity contribution in [1.82, 2.24) is 4.90 Å². The molecule has 1 N–H and O–H groups in total. The zero-order chi connectivity index (χ0) is 14.2. The normalized spacial score (nSPS) is 18.7. The van der Waals surface area contributed by atoms with Crippen molar-refractivity contribution in [3.8, 4) is 0 Å². The van der Waals surface area contributed by atoms with Crippen LogP contribution in [0.5, 0.6) is 0 Å². The molecule has 0 saturated carbocycles. The highest BCUT2D eigenvalue weighted by molar-refractivity contribution is 9.10. The summed E-state index contributed by atoms with van der Waals surface area (Å²) in [5.41, 5.74) is -0.644. The zero-order valence-electron chi connectivity index (χ0n) is 9.70. The Hall–Kier alpha value is -1.50. The smallest absolute Gasteiger partial charge is 0.308 e. The van der Waals surface area contributed by atoms with E-state index in [1.807, 2.05) is 0 Å². The second-order valence-electron chi connectivity index (χ2n) is 4.32. The fourth-order valence-corrected chi connectivity index (χ4v) is 2.45. The molecule has 1 aliphatic heterocycles. The summed E-state index contributed by atoms with van der Waals surface area (Å²) < 4.78 is 27.5. The molecule has 1 aliphatic rings. The van der Waals surface area contributed by atoms with Gasteiger partial charge < -0.3 is 10.0 Å². The number of carbonyl (C=O) groups excluding carboxylic acids is 1. The molecule has 0 spiro atoms. The fraction of sp³-hybridized carbons (Fsp3) is 0.333. The first-order valence-electron chi connectivity index (χ1n) is 5.56. The van der Waals surface area contributed by atoms with Crippen molar-refractivity contribution in [2.75, 3.05) is 13.1 Å². The summed E-state index contributed by atoms with van der Waals surface area (Å²) in [5.74, 6) is -4.42. The maximum atomic E-state index is 13.6. The average molecular weight is 334 g/mol. The number of likely N-dealkylation sites (tertiary alicyclic amines) is 1. The molecule has 2 rings (SSSR count). The van der Waals surface area contributed by atoms with Gasteiger partial charge in [-0.2, -0.15) is 0 Å². The predicted octanol–water partition coefficient (Wildman–Crippen LogP) is 2.27. The second kappa shape index (κ2) is 5.24. The minimum atomic E-state index is -1.01. The van der Waals surface area contributed by atoms with E-state index in [0.29, 0.717) is 6.42 Å². The largest absolute Gasteiger partial charge is 0.481 e. The molecule has 0 aliphatic carbocycles. The third kappa shape index (κ3) is 2.75. The highest BCUT2D eigenvalue weighted by Gasteiger charge is 2.33.